The third-order valence-electron chi connectivity index (χ3n) is 3.13. The van der Waals surface area contributed by atoms with Crippen molar-refractivity contribution in [2.24, 2.45) is 0 Å². The molecule has 1 aromatic rings. The van der Waals surface area contributed by atoms with E-state index in [1.807, 2.05) is 19.1 Å². The van der Waals surface area contributed by atoms with Gasteiger partial charge in [0.05, 0.1) is 0 Å². The topological polar surface area (TPSA) is 24.9 Å². The van der Waals surface area contributed by atoms with Gasteiger partial charge >= 0.3 is 0 Å². The Labute approximate surface area is 130 Å². The molecule has 0 aromatic carbocycles. The quantitative estimate of drug-likeness (QED) is 0.873. The molecule has 0 amide bonds. The molecule has 0 unspecified atom stereocenters. The largest absolute Gasteiger partial charge is 0.355 e. The van der Waals surface area contributed by atoms with Gasteiger partial charge in [0.15, 0.2) is 0 Å². The molecule has 0 radical (unpaired) electrons. The van der Waals surface area contributed by atoms with Crippen molar-refractivity contribution < 1.29 is 0 Å². The zero-order chi connectivity index (χ0) is 15.6. The number of aromatic nitrogens is 1. The van der Waals surface area contributed by atoms with Gasteiger partial charge in [-0.1, -0.05) is 44.0 Å². The van der Waals surface area contributed by atoms with Crippen molar-refractivity contribution in [3.63, 3.8) is 0 Å². The van der Waals surface area contributed by atoms with Crippen molar-refractivity contribution in [3.05, 3.63) is 95.6 Å². The molecule has 1 N–H and O–H groups in total. The molecular formula is C18H17ClN2. The Morgan fingerprint density at radius 2 is 2.00 bits per heavy atom. The van der Waals surface area contributed by atoms with Crippen LogP contribution in [0.2, 0.25) is 0 Å². The van der Waals surface area contributed by atoms with E-state index < -0.39 is 0 Å². The SMILES string of the molecule is C=C(Cl)/C=C1\C(=C)NC(=C)C(C(=C)C)=C1c1cccnc1. The highest BCUT2D eigenvalue weighted by Crippen LogP contribution is 2.39. The number of nitrogens with zero attached hydrogens (tertiary/aromatic N) is 1. The lowest BCUT2D eigenvalue weighted by Crippen LogP contribution is -2.22. The van der Waals surface area contributed by atoms with Gasteiger partial charge in [0.1, 0.15) is 0 Å². The molecule has 2 heterocycles. The molecule has 106 valence electrons. The lowest BCUT2D eigenvalue weighted by atomic mass is 9.85. The van der Waals surface area contributed by atoms with Crippen LogP contribution >= 0.6 is 11.6 Å². The Balaban J connectivity index is 2.81. The summed E-state index contributed by atoms with van der Waals surface area (Å²) >= 11 is 5.97. The fourth-order valence-corrected chi connectivity index (χ4v) is 2.45. The first-order valence-corrected chi connectivity index (χ1v) is 6.82. The second kappa shape index (κ2) is 5.98. The Kier molecular flexibility index (Phi) is 4.29. The molecule has 1 aliphatic rings. The normalized spacial score (nSPS) is 17.0. The van der Waals surface area contributed by atoms with Crippen molar-refractivity contribution in [2.45, 2.75) is 6.92 Å². The number of halogens is 1. The van der Waals surface area contributed by atoms with Crippen LogP contribution in [-0.2, 0) is 0 Å². The monoisotopic (exact) mass is 296 g/mol. The van der Waals surface area contributed by atoms with Crippen molar-refractivity contribution in [2.75, 3.05) is 0 Å². The predicted molar refractivity (Wildman–Crippen MR) is 90.5 cm³/mol. The van der Waals surface area contributed by atoms with Gasteiger partial charge in [-0.2, -0.15) is 0 Å². The van der Waals surface area contributed by atoms with Crippen LogP contribution in [0.25, 0.3) is 5.57 Å². The average molecular weight is 297 g/mol. The Hall–Kier alpha value is -2.32. The molecule has 0 bridgehead atoms. The smallest absolute Gasteiger partial charge is 0.0393 e. The summed E-state index contributed by atoms with van der Waals surface area (Å²) in [6.45, 7) is 17.8. The van der Waals surface area contributed by atoms with Crippen LogP contribution in [0.3, 0.4) is 0 Å². The lowest BCUT2D eigenvalue weighted by Gasteiger charge is -2.29. The van der Waals surface area contributed by atoms with Crippen molar-refractivity contribution in [1.29, 1.82) is 0 Å². The summed E-state index contributed by atoms with van der Waals surface area (Å²) in [6.07, 6.45) is 5.32. The van der Waals surface area contributed by atoms with Gasteiger partial charge in [-0.3, -0.25) is 4.98 Å². The summed E-state index contributed by atoms with van der Waals surface area (Å²) in [5, 5.41) is 3.60. The van der Waals surface area contributed by atoms with Crippen LogP contribution in [0.5, 0.6) is 0 Å². The molecule has 2 nitrogen and oxygen atoms in total. The summed E-state index contributed by atoms with van der Waals surface area (Å²) in [6, 6.07) is 3.88. The summed E-state index contributed by atoms with van der Waals surface area (Å²) in [5.74, 6) is 0. The third kappa shape index (κ3) is 3.06. The minimum Gasteiger partial charge on any atom is -0.355 e. The summed E-state index contributed by atoms with van der Waals surface area (Å²) in [4.78, 5) is 4.19. The van der Waals surface area contributed by atoms with Gasteiger partial charge in [-0.15, -0.1) is 0 Å². The molecule has 1 aliphatic heterocycles. The number of nitrogens with one attached hydrogen (secondary N) is 1. The first-order chi connectivity index (χ1) is 9.91. The zero-order valence-electron chi connectivity index (χ0n) is 12.0. The first-order valence-electron chi connectivity index (χ1n) is 6.44. The van der Waals surface area contributed by atoms with Crippen LogP contribution in [0, 0.1) is 0 Å². The molecule has 2 rings (SSSR count). The van der Waals surface area contributed by atoms with Crippen molar-refractivity contribution >= 4 is 17.2 Å². The predicted octanol–water partition coefficient (Wildman–Crippen LogP) is 4.72. The van der Waals surface area contributed by atoms with Gasteiger partial charge in [0.25, 0.3) is 0 Å². The first kappa shape index (κ1) is 15.1. The highest BCUT2D eigenvalue weighted by molar-refractivity contribution is 6.31. The summed E-state index contributed by atoms with van der Waals surface area (Å²) in [5.41, 5.74) is 6.14. The van der Waals surface area contributed by atoms with E-state index in [1.165, 1.54) is 0 Å². The molecule has 21 heavy (non-hydrogen) atoms. The lowest BCUT2D eigenvalue weighted by molar-refractivity contribution is 0.990. The average Bonchev–Trinajstić information content (AvgIpc) is 2.41. The molecule has 0 saturated heterocycles. The number of allylic oxidation sites excluding steroid dienone is 4. The second-order valence-corrected chi connectivity index (χ2v) is 5.34. The number of rotatable bonds is 3. The molecule has 0 atom stereocenters. The van der Waals surface area contributed by atoms with E-state index in [0.29, 0.717) is 5.03 Å². The minimum absolute atomic E-state index is 0.433. The summed E-state index contributed by atoms with van der Waals surface area (Å²) < 4.78 is 0. The van der Waals surface area contributed by atoms with E-state index in [0.717, 1.165) is 39.2 Å². The van der Waals surface area contributed by atoms with Crippen LogP contribution < -0.4 is 5.32 Å². The summed E-state index contributed by atoms with van der Waals surface area (Å²) in [7, 11) is 0. The van der Waals surface area contributed by atoms with Crippen LogP contribution in [0.4, 0.5) is 0 Å². The van der Waals surface area contributed by atoms with Crippen LogP contribution in [-0.4, -0.2) is 4.98 Å². The standard InChI is InChI=1S/C18H17ClN2/c1-11(2)17-14(5)21-13(4)16(9-12(3)19)18(17)15-7-6-8-20-10-15/h6-10,21H,1,3-5H2,2H3/b16-9+. The molecule has 0 saturated carbocycles. The van der Waals surface area contributed by atoms with E-state index in [2.05, 4.69) is 36.6 Å². The van der Waals surface area contributed by atoms with Gasteiger partial charge in [-0.25, -0.2) is 0 Å². The molecular weight excluding hydrogens is 280 g/mol. The van der Waals surface area contributed by atoms with Crippen molar-refractivity contribution in [3.8, 4) is 0 Å². The Morgan fingerprint density at radius 1 is 1.29 bits per heavy atom. The number of pyridine rings is 1. The molecule has 0 aliphatic carbocycles. The number of hydrogen-bond donors (Lipinski definition) is 1. The molecule has 1 aromatic heterocycles. The molecule has 0 spiro atoms. The third-order valence-corrected chi connectivity index (χ3v) is 3.24. The second-order valence-electron chi connectivity index (χ2n) is 4.86. The number of hydrogen-bond acceptors (Lipinski definition) is 2. The van der Waals surface area contributed by atoms with E-state index in [9.17, 15) is 0 Å². The van der Waals surface area contributed by atoms with E-state index in [-0.39, 0.29) is 0 Å². The highest BCUT2D eigenvalue weighted by atomic mass is 35.5. The van der Waals surface area contributed by atoms with E-state index >= 15 is 0 Å². The Bertz CT molecular complexity index is 706. The maximum absolute atomic E-state index is 5.97. The Morgan fingerprint density at radius 3 is 2.52 bits per heavy atom. The highest BCUT2D eigenvalue weighted by Gasteiger charge is 2.24. The zero-order valence-corrected chi connectivity index (χ0v) is 12.8. The molecule has 0 fully saturated rings. The van der Waals surface area contributed by atoms with Crippen LogP contribution in [0.1, 0.15) is 12.5 Å². The maximum atomic E-state index is 5.97. The maximum Gasteiger partial charge on any atom is 0.0393 e. The fraction of sp³-hybridized carbons (Fsp3) is 0.0556. The minimum atomic E-state index is 0.433. The van der Waals surface area contributed by atoms with E-state index in [4.69, 9.17) is 11.6 Å². The van der Waals surface area contributed by atoms with E-state index in [1.54, 1.807) is 18.5 Å². The van der Waals surface area contributed by atoms with Gasteiger partial charge < -0.3 is 5.32 Å². The fourth-order valence-electron chi connectivity index (χ4n) is 2.35. The van der Waals surface area contributed by atoms with Crippen LogP contribution in [0.15, 0.2) is 90.1 Å². The van der Waals surface area contributed by atoms with Gasteiger partial charge in [0.2, 0.25) is 0 Å². The van der Waals surface area contributed by atoms with Crippen molar-refractivity contribution in [1.82, 2.24) is 10.3 Å². The van der Waals surface area contributed by atoms with Gasteiger partial charge in [0, 0.05) is 51.1 Å². The molecule has 3 heteroatoms. The van der Waals surface area contributed by atoms with Gasteiger partial charge in [-0.05, 0) is 24.6 Å².